The summed E-state index contributed by atoms with van der Waals surface area (Å²) in [4.78, 5) is 16.3. The lowest BCUT2D eigenvalue weighted by Gasteiger charge is -2.34. The summed E-state index contributed by atoms with van der Waals surface area (Å²) < 4.78 is 4.70. The number of nitrogens with two attached hydrogens (primary N) is 1. The summed E-state index contributed by atoms with van der Waals surface area (Å²) in [6.45, 7) is 10.6. The monoisotopic (exact) mass is 257 g/mol. The molecule has 1 saturated heterocycles. The van der Waals surface area contributed by atoms with Crippen LogP contribution in [0.4, 0.5) is 0 Å². The molecule has 106 valence electrons. The van der Waals surface area contributed by atoms with Crippen molar-refractivity contribution in [3.05, 3.63) is 0 Å². The zero-order chi connectivity index (χ0) is 13.6. The second kappa shape index (κ2) is 7.07. The highest BCUT2D eigenvalue weighted by molar-refractivity contribution is 5.79. The van der Waals surface area contributed by atoms with Gasteiger partial charge in [0.25, 0.3) is 0 Å². The molecule has 0 aromatic rings. The number of esters is 1. The SMILES string of the molecule is CCN1CCN(CCCC(C)(N)C(=O)OC)CC1. The van der Waals surface area contributed by atoms with Crippen LogP contribution in [-0.4, -0.2) is 67.7 Å². The molecule has 1 aliphatic rings. The van der Waals surface area contributed by atoms with Gasteiger partial charge in [-0.15, -0.1) is 0 Å². The minimum absolute atomic E-state index is 0.321. The summed E-state index contributed by atoms with van der Waals surface area (Å²) in [6.07, 6.45) is 1.61. The fourth-order valence-electron chi connectivity index (χ4n) is 2.33. The predicted molar refractivity (Wildman–Crippen MR) is 72.4 cm³/mol. The zero-order valence-electron chi connectivity index (χ0n) is 11.9. The van der Waals surface area contributed by atoms with Crippen molar-refractivity contribution in [3.8, 4) is 0 Å². The summed E-state index contributed by atoms with van der Waals surface area (Å²) in [5, 5.41) is 0. The minimum Gasteiger partial charge on any atom is -0.468 e. The molecule has 0 aromatic carbocycles. The maximum atomic E-state index is 11.4. The highest BCUT2D eigenvalue weighted by Gasteiger charge is 2.29. The number of ether oxygens (including phenoxy) is 1. The number of rotatable bonds is 6. The van der Waals surface area contributed by atoms with E-state index in [0.717, 1.165) is 45.7 Å². The smallest absolute Gasteiger partial charge is 0.325 e. The third-order valence-electron chi connectivity index (χ3n) is 3.73. The van der Waals surface area contributed by atoms with Crippen molar-refractivity contribution >= 4 is 5.97 Å². The van der Waals surface area contributed by atoms with Gasteiger partial charge in [-0.2, -0.15) is 0 Å². The van der Waals surface area contributed by atoms with Crippen LogP contribution in [0.25, 0.3) is 0 Å². The molecule has 1 aliphatic heterocycles. The molecule has 1 unspecified atom stereocenters. The largest absolute Gasteiger partial charge is 0.468 e. The van der Waals surface area contributed by atoms with Crippen molar-refractivity contribution in [3.63, 3.8) is 0 Å². The molecular formula is C13H27N3O2. The molecule has 0 aromatic heterocycles. The molecule has 0 aliphatic carbocycles. The lowest BCUT2D eigenvalue weighted by molar-refractivity contribution is -0.146. The molecule has 1 fully saturated rings. The van der Waals surface area contributed by atoms with Crippen LogP contribution in [-0.2, 0) is 9.53 Å². The topological polar surface area (TPSA) is 58.8 Å². The van der Waals surface area contributed by atoms with Crippen molar-refractivity contribution in [2.45, 2.75) is 32.2 Å². The first-order chi connectivity index (χ1) is 8.49. The molecule has 1 rings (SSSR count). The first-order valence-electron chi connectivity index (χ1n) is 6.81. The number of hydrogen-bond donors (Lipinski definition) is 1. The maximum absolute atomic E-state index is 11.4. The van der Waals surface area contributed by atoms with Crippen molar-refractivity contribution in [2.24, 2.45) is 5.73 Å². The van der Waals surface area contributed by atoms with Crippen LogP contribution in [0.5, 0.6) is 0 Å². The average molecular weight is 257 g/mol. The highest BCUT2D eigenvalue weighted by Crippen LogP contribution is 2.12. The molecule has 1 atom stereocenters. The maximum Gasteiger partial charge on any atom is 0.325 e. The molecule has 0 spiro atoms. The van der Waals surface area contributed by atoms with Crippen LogP contribution in [0.2, 0.25) is 0 Å². The number of nitrogens with zero attached hydrogens (tertiary/aromatic N) is 2. The molecular weight excluding hydrogens is 230 g/mol. The fraction of sp³-hybridized carbons (Fsp3) is 0.923. The Balaban J connectivity index is 2.20. The number of methoxy groups -OCH3 is 1. The molecule has 0 saturated carbocycles. The summed E-state index contributed by atoms with van der Waals surface area (Å²) in [5.74, 6) is -0.321. The third kappa shape index (κ3) is 4.55. The van der Waals surface area contributed by atoms with E-state index in [1.165, 1.54) is 7.11 Å². The van der Waals surface area contributed by atoms with Crippen LogP contribution in [0.15, 0.2) is 0 Å². The Hall–Kier alpha value is -0.650. The van der Waals surface area contributed by atoms with E-state index < -0.39 is 5.54 Å². The minimum atomic E-state index is -0.847. The number of piperazine rings is 1. The van der Waals surface area contributed by atoms with Crippen LogP contribution in [0.3, 0.4) is 0 Å². The van der Waals surface area contributed by atoms with Gasteiger partial charge in [-0.05, 0) is 32.9 Å². The van der Waals surface area contributed by atoms with Gasteiger partial charge >= 0.3 is 5.97 Å². The Bertz CT molecular complexity index is 261. The lowest BCUT2D eigenvalue weighted by atomic mass is 9.97. The fourth-order valence-corrected chi connectivity index (χ4v) is 2.33. The van der Waals surface area contributed by atoms with Gasteiger partial charge in [0.05, 0.1) is 7.11 Å². The quantitative estimate of drug-likeness (QED) is 0.693. The van der Waals surface area contributed by atoms with E-state index in [9.17, 15) is 4.79 Å². The van der Waals surface area contributed by atoms with Crippen LogP contribution in [0, 0.1) is 0 Å². The van der Waals surface area contributed by atoms with Gasteiger partial charge in [0.2, 0.25) is 0 Å². The Labute approximate surface area is 110 Å². The first kappa shape index (κ1) is 15.4. The van der Waals surface area contributed by atoms with Crippen molar-refractivity contribution in [1.82, 2.24) is 9.80 Å². The number of hydrogen-bond acceptors (Lipinski definition) is 5. The van der Waals surface area contributed by atoms with E-state index in [2.05, 4.69) is 16.7 Å². The standard InChI is InChI=1S/C13H27N3O2/c1-4-15-8-10-16(11-9-15)7-5-6-13(2,14)12(17)18-3/h4-11,14H2,1-3H3. The van der Waals surface area contributed by atoms with Gasteiger partial charge < -0.3 is 20.3 Å². The van der Waals surface area contributed by atoms with E-state index in [1.807, 2.05) is 0 Å². The Morgan fingerprint density at radius 3 is 2.33 bits per heavy atom. The van der Waals surface area contributed by atoms with Crippen LogP contribution in [0.1, 0.15) is 26.7 Å². The molecule has 0 amide bonds. The highest BCUT2D eigenvalue weighted by atomic mass is 16.5. The molecule has 2 N–H and O–H groups in total. The van der Waals surface area contributed by atoms with Crippen molar-refractivity contribution < 1.29 is 9.53 Å². The van der Waals surface area contributed by atoms with E-state index in [1.54, 1.807) is 6.92 Å². The number of likely N-dealkylation sites (N-methyl/N-ethyl adjacent to an activating group) is 1. The number of carbonyl (C=O) groups excluding carboxylic acids is 1. The molecule has 5 heteroatoms. The Morgan fingerprint density at radius 1 is 1.28 bits per heavy atom. The van der Waals surface area contributed by atoms with Crippen LogP contribution < -0.4 is 5.73 Å². The summed E-state index contributed by atoms with van der Waals surface area (Å²) in [6, 6.07) is 0. The van der Waals surface area contributed by atoms with E-state index in [0.29, 0.717) is 6.42 Å². The molecule has 0 bridgehead atoms. The van der Waals surface area contributed by atoms with Gasteiger partial charge in [-0.25, -0.2) is 0 Å². The zero-order valence-corrected chi connectivity index (χ0v) is 11.9. The van der Waals surface area contributed by atoms with Crippen molar-refractivity contribution in [2.75, 3.05) is 46.4 Å². The second-order valence-corrected chi connectivity index (χ2v) is 5.29. The first-order valence-corrected chi connectivity index (χ1v) is 6.81. The molecule has 0 radical (unpaired) electrons. The molecule has 1 heterocycles. The lowest BCUT2D eigenvalue weighted by Crippen LogP contribution is -2.48. The average Bonchev–Trinajstić information content (AvgIpc) is 2.38. The summed E-state index contributed by atoms with van der Waals surface area (Å²) >= 11 is 0. The van der Waals surface area contributed by atoms with Crippen molar-refractivity contribution in [1.29, 1.82) is 0 Å². The van der Waals surface area contributed by atoms with E-state index >= 15 is 0 Å². The van der Waals surface area contributed by atoms with Gasteiger partial charge in [0.1, 0.15) is 5.54 Å². The van der Waals surface area contributed by atoms with Gasteiger partial charge in [-0.1, -0.05) is 6.92 Å². The summed E-state index contributed by atoms with van der Waals surface area (Å²) in [7, 11) is 1.39. The molecule has 18 heavy (non-hydrogen) atoms. The third-order valence-corrected chi connectivity index (χ3v) is 3.73. The van der Waals surface area contributed by atoms with E-state index in [4.69, 9.17) is 10.5 Å². The van der Waals surface area contributed by atoms with Gasteiger partial charge in [0, 0.05) is 26.2 Å². The molecule has 5 nitrogen and oxygen atoms in total. The summed E-state index contributed by atoms with van der Waals surface area (Å²) in [5.41, 5.74) is 5.08. The van der Waals surface area contributed by atoms with Crippen LogP contribution >= 0.6 is 0 Å². The van der Waals surface area contributed by atoms with E-state index in [-0.39, 0.29) is 5.97 Å². The Kier molecular flexibility index (Phi) is 6.05. The second-order valence-electron chi connectivity index (χ2n) is 5.29. The normalized spacial score (nSPS) is 21.6. The predicted octanol–water partition coefficient (Wildman–Crippen LogP) is 0.295. The van der Waals surface area contributed by atoms with Gasteiger partial charge in [-0.3, -0.25) is 4.79 Å². The van der Waals surface area contributed by atoms with Gasteiger partial charge in [0.15, 0.2) is 0 Å². The Morgan fingerprint density at radius 2 is 1.83 bits per heavy atom. The number of carbonyl (C=O) groups is 1.